The first-order valence-electron chi connectivity index (χ1n) is 9.90. The van der Waals surface area contributed by atoms with Crippen molar-refractivity contribution in [3.63, 3.8) is 0 Å². The maximum Gasteiger partial charge on any atom is 0.293 e. The lowest BCUT2D eigenvalue weighted by molar-refractivity contribution is 0.240. The number of halogens is 1. The van der Waals surface area contributed by atoms with Crippen LogP contribution in [0.25, 0.3) is 17.2 Å². The molecule has 1 aliphatic rings. The number of fused-ring (bicyclic) bond motifs is 1. The van der Waals surface area contributed by atoms with E-state index in [4.69, 9.17) is 11.6 Å². The van der Waals surface area contributed by atoms with Gasteiger partial charge < -0.3 is 0 Å². The Morgan fingerprint density at radius 1 is 1.17 bits per heavy atom. The van der Waals surface area contributed by atoms with E-state index in [1.165, 1.54) is 4.52 Å². The fourth-order valence-electron chi connectivity index (χ4n) is 3.98. The Morgan fingerprint density at radius 3 is 2.83 bits per heavy atom. The van der Waals surface area contributed by atoms with E-state index in [9.17, 15) is 4.79 Å². The predicted octanol–water partition coefficient (Wildman–Crippen LogP) is 2.74. The number of nitrogens with one attached hydrogen (secondary N) is 1. The number of H-pyrrole nitrogens is 1. The van der Waals surface area contributed by atoms with Gasteiger partial charge >= 0.3 is 0 Å². The minimum Gasteiger partial charge on any atom is -0.294 e. The molecule has 30 heavy (non-hydrogen) atoms. The summed E-state index contributed by atoms with van der Waals surface area (Å²) in [6.45, 7) is 1.44. The number of benzene rings is 1. The van der Waals surface area contributed by atoms with Crippen molar-refractivity contribution in [2.45, 2.75) is 31.8 Å². The Hall–Kier alpha value is -3.10. The average molecular weight is 422 g/mol. The topological polar surface area (TPSA) is 92.1 Å². The van der Waals surface area contributed by atoms with Crippen LogP contribution in [-0.2, 0) is 13.0 Å². The van der Waals surface area contributed by atoms with Crippen molar-refractivity contribution in [3.05, 3.63) is 75.7 Å². The second-order valence-electron chi connectivity index (χ2n) is 7.42. The molecular weight excluding hydrogens is 402 g/mol. The van der Waals surface area contributed by atoms with Crippen LogP contribution >= 0.6 is 11.6 Å². The zero-order valence-electron chi connectivity index (χ0n) is 16.2. The summed E-state index contributed by atoms with van der Waals surface area (Å²) in [4.78, 5) is 32.6. The van der Waals surface area contributed by atoms with Gasteiger partial charge in [0.05, 0.1) is 5.69 Å². The molecule has 0 bridgehead atoms. The Balaban J connectivity index is 1.44. The van der Waals surface area contributed by atoms with Gasteiger partial charge in [-0.15, -0.1) is 0 Å². The minimum absolute atomic E-state index is 0.128. The summed E-state index contributed by atoms with van der Waals surface area (Å²) in [6, 6.07) is 11.9. The van der Waals surface area contributed by atoms with E-state index in [0.29, 0.717) is 29.9 Å². The number of aromatic amines is 1. The molecule has 1 aromatic carbocycles. The predicted molar refractivity (Wildman–Crippen MR) is 113 cm³/mol. The molecule has 1 fully saturated rings. The third-order valence-corrected chi connectivity index (χ3v) is 5.88. The minimum atomic E-state index is -0.335. The van der Waals surface area contributed by atoms with Gasteiger partial charge in [0.15, 0.2) is 5.82 Å². The van der Waals surface area contributed by atoms with E-state index < -0.39 is 0 Å². The van der Waals surface area contributed by atoms with Crippen molar-refractivity contribution in [2.24, 2.45) is 0 Å². The summed E-state index contributed by atoms with van der Waals surface area (Å²) in [6.07, 6.45) is 6.33. The molecule has 0 saturated carbocycles. The Bertz CT molecular complexity index is 1220. The second kappa shape index (κ2) is 7.97. The van der Waals surface area contributed by atoms with Gasteiger partial charge in [-0.2, -0.15) is 9.50 Å². The number of aromatic nitrogens is 6. The summed E-state index contributed by atoms with van der Waals surface area (Å²) in [5.74, 6) is 0.904. The van der Waals surface area contributed by atoms with Crippen LogP contribution in [0.1, 0.15) is 24.2 Å². The number of hydrogen-bond donors (Lipinski definition) is 1. The molecule has 4 heterocycles. The lowest BCUT2D eigenvalue weighted by Crippen LogP contribution is -2.32. The normalized spacial score (nSPS) is 17.0. The highest BCUT2D eigenvalue weighted by Gasteiger charge is 2.27. The standard InChI is InChI=1S/C21H20ClN7O/c22-18-17(12-28-10-4-7-16(28)11-15-8-9-23-13-24-15)25-21-26-19(27-29(21)20(18)30)14-5-2-1-3-6-14/h1-3,5-6,8-9,13,16H,4,7,10-12H2,(H,25,26,27). The lowest BCUT2D eigenvalue weighted by atomic mass is 10.1. The SMILES string of the molecule is O=c1c(Cl)c(CN2CCCC2Cc2ccncn2)nc2nc(-c3ccccc3)[nH]n12. The number of nitrogens with zero attached hydrogens (tertiary/aromatic N) is 6. The fourth-order valence-corrected chi connectivity index (χ4v) is 4.16. The molecule has 152 valence electrons. The quantitative estimate of drug-likeness (QED) is 0.532. The third kappa shape index (κ3) is 3.59. The van der Waals surface area contributed by atoms with E-state index in [1.54, 1.807) is 12.5 Å². The van der Waals surface area contributed by atoms with E-state index in [-0.39, 0.29) is 10.6 Å². The lowest BCUT2D eigenvalue weighted by Gasteiger charge is -2.24. The van der Waals surface area contributed by atoms with Gasteiger partial charge in [-0.1, -0.05) is 41.9 Å². The fraction of sp³-hybridized carbons (Fsp3) is 0.286. The molecule has 0 radical (unpaired) electrons. The summed E-state index contributed by atoms with van der Waals surface area (Å²) in [5.41, 5.74) is 2.11. The molecule has 5 rings (SSSR count). The molecule has 1 aliphatic heterocycles. The van der Waals surface area contributed by atoms with Crippen LogP contribution in [0, 0.1) is 0 Å². The third-order valence-electron chi connectivity index (χ3n) is 5.50. The second-order valence-corrected chi connectivity index (χ2v) is 7.80. The first kappa shape index (κ1) is 18.9. The van der Waals surface area contributed by atoms with Crippen molar-refractivity contribution in [2.75, 3.05) is 6.54 Å². The van der Waals surface area contributed by atoms with E-state index in [0.717, 1.165) is 37.1 Å². The van der Waals surface area contributed by atoms with Crippen LogP contribution in [0.15, 0.2) is 53.7 Å². The van der Waals surface area contributed by atoms with Crippen molar-refractivity contribution in [1.82, 2.24) is 34.4 Å². The molecule has 4 aromatic rings. The first-order valence-corrected chi connectivity index (χ1v) is 10.3. The zero-order valence-corrected chi connectivity index (χ0v) is 17.0. The maximum absolute atomic E-state index is 12.8. The highest BCUT2D eigenvalue weighted by molar-refractivity contribution is 6.31. The molecular formula is C21H20ClN7O. The molecule has 1 atom stereocenters. The molecule has 0 aliphatic carbocycles. The highest BCUT2D eigenvalue weighted by atomic mass is 35.5. The molecule has 0 amide bonds. The van der Waals surface area contributed by atoms with Gasteiger partial charge in [0.1, 0.15) is 11.3 Å². The van der Waals surface area contributed by atoms with Crippen LogP contribution in [0.2, 0.25) is 5.02 Å². The smallest absolute Gasteiger partial charge is 0.293 e. The highest BCUT2D eigenvalue weighted by Crippen LogP contribution is 2.24. The number of rotatable bonds is 5. The Labute approximate surface area is 177 Å². The zero-order chi connectivity index (χ0) is 20.5. The Kier molecular flexibility index (Phi) is 5.02. The molecule has 8 nitrogen and oxygen atoms in total. The van der Waals surface area contributed by atoms with Gasteiger partial charge in [0.25, 0.3) is 11.3 Å². The van der Waals surface area contributed by atoms with Crippen molar-refractivity contribution < 1.29 is 0 Å². The van der Waals surface area contributed by atoms with Crippen LogP contribution < -0.4 is 5.56 Å². The number of hydrogen-bond acceptors (Lipinski definition) is 6. The first-order chi connectivity index (χ1) is 14.7. The van der Waals surface area contributed by atoms with Crippen LogP contribution in [0.5, 0.6) is 0 Å². The molecule has 0 spiro atoms. The summed E-state index contributed by atoms with van der Waals surface area (Å²) in [7, 11) is 0. The van der Waals surface area contributed by atoms with Crippen molar-refractivity contribution in [3.8, 4) is 11.4 Å². The van der Waals surface area contributed by atoms with Crippen molar-refractivity contribution in [1.29, 1.82) is 0 Å². The van der Waals surface area contributed by atoms with Crippen LogP contribution in [0.4, 0.5) is 0 Å². The monoisotopic (exact) mass is 421 g/mol. The van der Waals surface area contributed by atoms with Gasteiger partial charge in [-0.05, 0) is 25.5 Å². The van der Waals surface area contributed by atoms with Gasteiger partial charge in [-0.3, -0.25) is 14.8 Å². The Morgan fingerprint density at radius 2 is 2.03 bits per heavy atom. The summed E-state index contributed by atoms with van der Waals surface area (Å²) in [5, 5.41) is 3.13. The number of likely N-dealkylation sites (tertiary alicyclic amines) is 1. The van der Waals surface area contributed by atoms with Gasteiger partial charge in [0, 0.05) is 36.5 Å². The molecule has 1 unspecified atom stereocenters. The van der Waals surface area contributed by atoms with Gasteiger partial charge in [0.2, 0.25) is 0 Å². The molecule has 1 saturated heterocycles. The largest absolute Gasteiger partial charge is 0.294 e. The van der Waals surface area contributed by atoms with E-state index >= 15 is 0 Å². The van der Waals surface area contributed by atoms with Gasteiger partial charge in [-0.25, -0.2) is 15.0 Å². The average Bonchev–Trinajstić information content (AvgIpc) is 3.40. The van der Waals surface area contributed by atoms with Crippen LogP contribution in [0.3, 0.4) is 0 Å². The van der Waals surface area contributed by atoms with E-state index in [1.807, 2.05) is 36.4 Å². The summed E-state index contributed by atoms with van der Waals surface area (Å²) >= 11 is 6.42. The molecule has 1 N–H and O–H groups in total. The molecule has 3 aromatic heterocycles. The van der Waals surface area contributed by atoms with E-state index in [2.05, 4.69) is 29.9 Å². The maximum atomic E-state index is 12.8. The molecule has 9 heteroatoms. The van der Waals surface area contributed by atoms with Crippen molar-refractivity contribution >= 4 is 17.4 Å². The van der Waals surface area contributed by atoms with Crippen LogP contribution in [-0.4, -0.2) is 47.0 Å². The summed E-state index contributed by atoms with van der Waals surface area (Å²) < 4.78 is 1.30.